The summed E-state index contributed by atoms with van der Waals surface area (Å²) in [5.74, 6) is -0.554. The van der Waals surface area contributed by atoms with E-state index in [-0.39, 0.29) is 10.9 Å². The average molecular weight is 301 g/mol. The summed E-state index contributed by atoms with van der Waals surface area (Å²) in [5, 5.41) is 0. The molecule has 1 unspecified atom stereocenters. The molecule has 1 fully saturated rings. The number of sulfonamides is 1. The third-order valence-corrected chi connectivity index (χ3v) is 4.90. The maximum atomic E-state index is 13.1. The molecular formula is C13H20FN3O2S. The summed E-state index contributed by atoms with van der Waals surface area (Å²) in [6, 6.07) is 4.89. The lowest BCUT2D eigenvalue weighted by Gasteiger charge is -2.32. The highest BCUT2D eigenvalue weighted by atomic mass is 32.2. The second kappa shape index (κ2) is 6.62. The van der Waals surface area contributed by atoms with E-state index in [0.29, 0.717) is 13.1 Å². The van der Waals surface area contributed by atoms with Crippen molar-refractivity contribution < 1.29 is 12.8 Å². The summed E-state index contributed by atoms with van der Waals surface area (Å²) in [5.41, 5.74) is 5.52. The second-order valence-corrected chi connectivity index (χ2v) is 6.72. The van der Waals surface area contributed by atoms with E-state index < -0.39 is 15.8 Å². The van der Waals surface area contributed by atoms with E-state index in [0.717, 1.165) is 32.0 Å². The molecule has 1 aromatic carbocycles. The lowest BCUT2D eigenvalue weighted by Crippen LogP contribution is -2.48. The van der Waals surface area contributed by atoms with Gasteiger partial charge in [-0.05, 0) is 37.6 Å². The highest BCUT2D eigenvalue weighted by Crippen LogP contribution is 2.15. The van der Waals surface area contributed by atoms with E-state index in [9.17, 15) is 12.8 Å². The Bertz CT molecular complexity index is 548. The van der Waals surface area contributed by atoms with Crippen LogP contribution in [0, 0.1) is 5.82 Å². The number of hydrogen-bond acceptors (Lipinski definition) is 4. The number of piperidine rings is 1. The molecule has 0 spiro atoms. The summed E-state index contributed by atoms with van der Waals surface area (Å²) >= 11 is 0. The summed E-state index contributed by atoms with van der Waals surface area (Å²) in [6.07, 6.45) is 1.71. The van der Waals surface area contributed by atoms with Crippen LogP contribution in [0.4, 0.5) is 4.39 Å². The maximum absolute atomic E-state index is 13.1. The minimum absolute atomic E-state index is 0.0338. The van der Waals surface area contributed by atoms with Gasteiger partial charge in [-0.1, -0.05) is 6.07 Å². The molecule has 5 nitrogen and oxygen atoms in total. The Hall–Kier alpha value is -1.02. The van der Waals surface area contributed by atoms with Crippen molar-refractivity contribution in [3.8, 4) is 0 Å². The number of rotatable bonds is 5. The molecular weight excluding hydrogens is 281 g/mol. The molecule has 0 bridgehead atoms. The molecule has 2 rings (SSSR count). The van der Waals surface area contributed by atoms with Crippen LogP contribution in [0.15, 0.2) is 29.2 Å². The number of nitrogens with zero attached hydrogens (tertiary/aromatic N) is 1. The third kappa shape index (κ3) is 3.99. The number of halogens is 1. The van der Waals surface area contributed by atoms with Crippen LogP contribution in [0.25, 0.3) is 0 Å². The Morgan fingerprint density at radius 3 is 2.95 bits per heavy atom. The minimum atomic E-state index is -3.67. The van der Waals surface area contributed by atoms with Gasteiger partial charge in [-0.25, -0.2) is 17.5 Å². The normalized spacial score (nSPS) is 21.0. The molecule has 1 aromatic rings. The predicted molar refractivity (Wildman–Crippen MR) is 75.2 cm³/mol. The lowest BCUT2D eigenvalue weighted by molar-refractivity contribution is 0.207. The van der Waals surface area contributed by atoms with E-state index in [2.05, 4.69) is 9.62 Å². The number of hydrogen-bond donors (Lipinski definition) is 2. The van der Waals surface area contributed by atoms with Gasteiger partial charge in [-0.2, -0.15) is 0 Å². The SMILES string of the molecule is NCCN1CCCC(NS(=O)(=O)c2cccc(F)c2)C1. The Morgan fingerprint density at radius 2 is 2.25 bits per heavy atom. The van der Waals surface area contributed by atoms with Gasteiger partial charge in [0.2, 0.25) is 10.0 Å². The Kier molecular flexibility index (Phi) is 5.09. The molecule has 0 amide bonds. The molecule has 0 aliphatic carbocycles. The zero-order valence-electron chi connectivity index (χ0n) is 11.3. The minimum Gasteiger partial charge on any atom is -0.329 e. The fourth-order valence-corrected chi connectivity index (χ4v) is 3.75. The monoisotopic (exact) mass is 301 g/mol. The van der Waals surface area contributed by atoms with Gasteiger partial charge in [-0.3, -0.25) is 0 Å². The first-order chi connectivity index (χ1) is 9.51. The molecule has 0 aromatic heterocycles. The molecule has 3 N–H and O–H groups in total. The molecule has 1 aliphatic rings. The zero-order chi connectivity index (χ0) is 14.6. The van der Waals surface area contributed by atoms with Gasteiger partial charge in [0.05, 0.1) is 4.90 Å². The molecule has 1 saturated heterocycles. The highest BCUT2D eigenvalue weighted by molar-refractivity contribution is 7.89. The van der Waals surface area contributed by atoms with Gasteiger partial charge in [0.1, 0.15) is 5.82 Å². The second-order valence-electron chi connectivity index (χ2n) is 5.01. The lowest BCUT2D eigenvalue weighted by atomic mass is 10.1. The van der Waals surface area contributed by atoms with Crippen molar-refractivity contribution >= 4 is 10.0 Å². The summed E-state index contributed by atoms with van der Waals surface area (Å²) < 4.78 is 40.2. The van der Waals surface area contributed by atoms with Crippen molar-refractivity contribution in [2.45, 2.75) is 23.8 Å². The van der Waals surface area contributed by atoms with E-state index >= 15 is 0 Å². The van der Waals surface area contributed by atoms with Crippen molar-refractivity contribution in [1.82, 2.24) is 9.62 Å². The van der Waals surface area contributed by atoms with Gasteiger partial charge in [0, 0.05) is 25.7 Å². The first-order valence-corrected chi connectivity index (χ1v) is 8.20. The van der Waals surface area contributed by atoms with Gasteiger partial charge < -0.3 is 10.6 Å². The van der Waals surface area contributed by atoms with Crippen LogP contribution in [0.2, 0.25) is 0 Å². The van der Waals surface area contributed by atoms with Crippen LogP contribution >= 0.6 is 0 Å². The summed E-state index contributed by atoms with van der Waals surface area (Å²) in [6.45, 7) is 2.91. The number of likely N-dealkylation sites (tertiary alicyclic amines) is 1. The maximum Gasteiger partial charge on any atom is 0.240 e. The predicted octanol–water partition coefficient (Wildman–Crippen LogP) is 0.527. The number of nitrogens with two attached hydrogens (primary N) is 1. The van der Waals surface area contributed by atoms with Crippen molar-refractivity contribution in [1.29, 1.82) is 0 Å². The molecule has 1 atom stereocenters. The van der Waals surface area contributed by atoms with Crippen molar-refractivity contribution in [3.05, 3.63) is 30.1 Å². The molecule has 20 heavy (non-hydrogen) atoms. The molecule has 0 radical (unpaired) electrons. The molecule has 112 valence electrons. The number of nitrogens with one attached hydrogen (secondary N) is 1. The topological polar surface area (TPSA) is 75.4 Å². The van der Waals surface area contributed by atoms with Crippen molar-refractivity contribution in [3.63, 3.8) is 0 Å². The summed E-state index contributed by atoms with van der Waals surface area (Å²) in [7, 11) is -3.67. The van der Waals surface area contributed by atoms with Crippen LogP contribution in [-0.4, -0.2) is 45.5 Å². The molecule has 1 heterocycles. The average Bonchev–Trinajstić information content (AvgIpc) is 2.39. The Morgan fingerprint density at radius 1 is 1.45 bits per heavy atom. The number of benzene rings is 1. The van der Waals surface area contributed by atoms with Crippen LogP contribution in [0.3, 0.4) is 0 Å². The van der Waals surface area contributed by atoms with Crippen molar-refractivity contribution in [2.24, 2.45) is 5.73 Å². The molecule has 0 saturated carbocycles. The zero-order valence-corrected chi connectivity index (χ0v) is 12.1. The van der Waals surface area contributed by atoms with E-state index in [4.69, 9.17) is 5.73 Å². The quantitative estimate of drug-likeness (QED) is 0.832. The van der Waals surface area contributed by atoms with Crippen molar-refractivity contribution in [2.75, 3.05) is 26.2 Å². The molecule has 7 heteroatoms. The van der Waals surface area contributed by atoms with E-state index in [1.54, 1.807) is 0 Å². The van der Waals surface area contributed by atoms with Gasteiger partial charge in [-0.15, -0.1) is 0 Å². The van der Waals surface area contributed by atoms with Crippen LogP contribution in [0.1, 0.15) is 12.8 Å². The van der Waals surface area contributed by atoms with Crippen LogP contribution < -0.4 is 10.5 Å². The first-order valence-electron chi connectivity index (χ1n) is 6.71. The smallest absolute Gasteiger partial charge is 0.240 e. The Balaban J connectivity index is 2.04. The fraction of sp³-hybridized carbons (Fsp3) is 0.538. The van der Waals surface area contributed by atoms with Crippen LogP contribution in [-0.2, 0) is 10.0 Å². The highest BCUT2D eigenvalue weighted by Gasteiger charge is 2.25. The Labute approximate surface area is 119 Å². The largest absolute Gasteiger partial charge is 0.329 e. The van der Waals surface area contributed by atoms with E-state index in [1.165, 1.54) is 18.2 Å². The standard InChI is InChI=1S/C13H20FN3O2S/c14-11-3-1-5-13(9-11)20(18,19)16-12-4-2-7-17(10-12)8-6-15/h1,3,5,9,12,16H,2,4,6-8,10,15H2. The summed E-state index contributed by atoms with van der Waals surface area (Å²) in [4.78, 5) is 2.11. The third-order valence-electron chi connectivity index (χ3n) is 3.38. The van der Waals surface area contributed by atoms with Crippen LogP contribution in [0.5, 0.6) is 0 Å². The van der Waals surface area contributed by atoms with Gasteiger partial charge >= 0.3 is 0 Å². The van der Waals surface area contributed by atoms with Gasteiger partial charge in [0.15, 0.2) is 0 Å². The van der Waals surface area contributed by atoms with Gasteiger partial charge in [0.25, 0.3) is 0 Å². The fourth-order valence-electron chi connectivity index (χ4n) is 2.46. The van der Waals surface area contributed by atoms with E-state index in [1.807, 2.05) is 0 Å². The molecule has 1 aliphatic heterocycles. The first kappa shape index (κ1) is 15.4.